The average molecular weight is 291 g/mol. The van der Waals surface area contributed by atoms with Crippen LogP contribution in [-0.2, 0) is 0 Å². The number of nitrogens with one attached hydrogen (secondary N) is 1. The van der Waals surface area contributed by atoms with Gasteiger partial charge in [-0.2, -0.15) is 4.98 Å². The number of hydrogen-bond donors (Lipinski definition) is 1. The van der Waals surface area contributed by atoms with Crippen molar-refractivity contribution in [1.29, 1.82) is 0 Å². The molecule has 0 fully saturated rings. The van der Waals surface area contributed by atoms with Crippen LogP contribution in [-0.4, -0.2) is 15.0 Å². The maximum atomic E-state index is 6.00. The summed E-state index contributed by atoms with van der Waals surface area (Å²) in [6.45, 7) is 0. The van der Waals surface area contributed by atoms with Crippen LogP contribution >= 0.6 is 23.2 Å². The Morgan fingerprint density at radius 1 is 1.00 bits per heavy atom. The second kappa shape index (κ2) is 4.99. The Morgan fingerprint density at radius 2 is 1.84 bits per heavy atom. The minimum absolute atomic E-state index is 0.139. The highest BCUT2D eigenvalue weighted by Gasteiger charge is 2.05. The highest BCUT2D eigenvalue weighted by molar-refractivity contribution is 6.33. The van der Waals surface area contributed by atoms with Crippen molar-refractivity contribution in [3.8, 4) is 0 Å². The van der Waals surface area contributed by atoms with Crippen molar-refractivity contribution in [2.75, 3.05) is 5.32 Å². The van der Waals surface area contributed by atoms with E-state index >= 15 is 0 Å². The van der Waals surface area contributed by atoms with Gasteiger partial charge >= 0.3 is 0 Å². The minimum atomic E-state index is 0.139. The SMILES string of the molecule is Clc1ncc(Cl)c(Nc2cnc3ccccc3c2)n1. The topological polar surface area (TPSA) is 50.7 Å². The predicted molar refractivity (Wildman–Crippen MR) is 77.1 cm³/mol. The molecule has 0 bridgehead atoms. The van der Waals surface area contributed by atoms with Crippen LogP contribution in [0.5, 0.6) is 0 Å². The molecule has 94 valence electrons. The monoisotopic (exact) mass is 290 g/mol. The van der Waals surface area contributed by atoms with E-state index in [9.17, 15) is 0 Å². The minimum Gasteiger partial charge on any atom is -0.338 e. The second-order valence-corrected chi connectivity index (χ2v) is 4.62. The Bertz CT molecular complexity index is 746. The zero-order chi connectivity index (χ0) is 13.2. The summed E-state index contributed by atoms with van der Waals surface area (Å²) in [4.78, 5) is 12.2. The van der Waals surface area contributed by atoms with Gasteiger partial charge in [-0.05, 0) is 23.7 Å². The largest absolute Gasteiger partial charge is 0.338 e. The Morgan fingerprint density at radius 3 is 2.74 bits per heavy atom. The number of pyridine rings is 1. The maximum Gasteiger partial charge on any atom is 0.224 e. The van der Waals surface area contributed by atoms with Crippen LogP contribution in [0.4, 0.5) is 11.5 Å². The average Bonchev–Trinajstić information content (AvgIpc) is 2.43. The molecule has 3 aromatic rings. The molecule has 6 heteroatoms. The Labute approximate surface area is 119 Å². The highest BCUT2D eigenvalue weighted by atomic mass is 35.5. The number of anilines is 2. The summed E-state index contributed by atoms with van der Waals surface area (Å²) in [6.07, 6.45) is 3.17. The zero-order valence-electron chi connectivity index (χ0n) is 9.64. The van der Waals surface area contributed by atoms with Crippen LogP contribution < -0.4 is 5.32 Å². The van der Waals surface area contributed by atoms with Gasteiger partial charge in [-0.15, -0.1) is 0 Å². The lowest BCUT2D eigenvalue weighted by Gasteiger charge is -2.07. The second-order valence-electron chi connectivity index (χ2n) is 3.88. The maximum absolute atomic E-state index is 6.00. The third kappa shape index (κ3) is 2.59. The van der Waals surface area contributed by atoms with E-state index in [0.29, 0.717) is 10.8 Å². The van der Waals surface area contributed by atoms with Crippen LogP contribution in [0.3, 0.4) is 0 Å². The predicted octanol–water partition coefficient (Wildman–Crippen LogP) is 4.08. The molecule has 2 heterocycles. The van der Waals surface area contributed by atoms with Crippen molar-refractivity contribution in [3.63, 3.8) is 0 Å². The van der Waals surface area contributed by atoms with Crippen molar-refractivity contribution in [1.82, 2.24) is 15.0 Å². The van der Waals surface area contributed by atoms with E-state index < -0.39 is 0 Å². The van der Waals surface area contributed by atoms with E-state index in [1.807, 2.05) is 30.3 Å². The fraction of sp³-hybridized carbons (Fsp3) is 0. The number of aromatic nitrogens is 3. The van der Waals surface area contributed by atoms with Gasteiger partial charge in [0.15, 0.2) is 5.82 Å². The first kappa shape index (κ1) is 12.1. The standard InChI is InChI=1S/C13H8Cl2N4/c14-10-7-17-13(15)19-12(10)18-9-5-8-3-1-2-4-11(8)16-6-9/h1-7H,(H,17,18,19). The fourth-order valence-corrected chi connectivity index (χ4v) is 1.98. The first-order valence-electron chi connectivity index (χ1n) is 5.52. The highest BCUT2D eigenvalue weighted by Crippen LogP contribution is 2.24. The van der Waals surface area contributed by atoms with E-state index in [2.05, 4.69) is 20.3 Å². The summed E-state index contributed by atoms with van der Waals surface area (Å²) in [5, 5.41) is 4.65. The molecule has 0 aliphatic heterocycles. The molecule has 1 N–H and O–H groups in total. The van der Waals surface area contributed by atoms with Crippen LogP contribution in [0.1, 0.15) is 0 Å². The number of halogens is 2. The molecular weight excluding hydrogens is 283 g/mol. The normalized spacial score (nSPS) is 10.6. The van der Waals surface area contributed by atoms with Gasteiger partial charge in [-0.25, -0.2) is 4.98 Å². The van der Waals surface area contributed by atoms with Crippen molar-refractivity contribution < 1.29 is 0 Å². The van der Waals surface area contributed by atoms with Crippen LogP contribution in [0.15, 0.2) is 42.7 Å². The molecule has 0 radical (unpaired) electrons. The van der Waals surface area contributed by atoms with E-state index in [1.54, 1.807) is 6.20 Å². The van der Waals surface area contributed by atoms with Gasteiger partial charge < -0.3 is 5.32 Å². The summed E-state index contributed by atoms with van der Waals surface area (Å²) in [6, 6.07) is 9.82. The lowest BCUT2D eigenvalue weighted by molar-refractivity contribution is 1.17. The quantitative estimate of drug-likeness (QED) is 0.723. The van der Waals surface area contributed by atoms with Crippen molar-refractivity contribution in [2.24, 2.45) is 0 Å². The number of rotatable bonds is 2. The number of fused-ring (bicyclic) bond motifs is 1. The summed E-state index contributed by atoms with van der Waals surface area (Å²) >= 11 is 11.7. The molecule has 2 aromatic heterocycles. The van der Waals surface area contributed by atoms with Gasteiger partial charge in [0.1, 0.15) is 5.02 Å². The summed E-state index contributed by atoms with van der Waals surface area (Å²) in [7, 11) is 0. The van der Waals surface area contributed by atoms with Gasteiger partial charge in [0.05, 0.1) is 23.6 Å². The molecule has 0 amide bonds. The Kier molecular flexibility index (Phi) is 3.19. The van der Waals surface area contributed by atoms with E-state index in [1.165, 1.54) is 6.20 Å². The number of nitrogens with zero attached hydrogens (tertiary/aromatic N) is 3. The molecule has 0 saturated carbocycles. The Hall–Kier alpha value is -1.91. The summed E-state index contributed by atoms with van der Waals surface area (Å²) in [5.74, 6) is 0.457. The lowest BCUT2D eigenvalue weighted by atomic mass is 10.2. The number of benzene rings is 1. The third-order valence-electron chi connectivity index (χ3n) is 2.57. The van der Waals surface area contributed by atoms with Crippen LogP contribution in [0, 0.1) is 0 Å². The van der Waals surface area contributed by atoms with Gasteiger partial charge in [0, 0.05) is 5.39 Å². The summed E-state index contributed by atoms with van der Waals surface area (Å²) in [5.41, 5.74) is 1.72. The van der Waals surface area contributed by atoms with Crippen molar-refractivity contribution in [3.05, 3.63) is 53.0 Å². The molecule has 0 aliphatic carbocycles. The molecule has 0 unspecified atom stereocenters. The van der Waals surface area contributed by atoms with E-state index in [4.69, 9.17) is 23.2 Å². The summed E-state index contributed by atoms with van der Waals surface area (Å²) < 4.78 is 0. The zero-order valence-corrected chi connectivity index (χ0v) is 11.2. The molecule has 0 aliphatic rings. The van der Waals surface area contributed by atoms with Crippen LogP contribution in [0.2, 0.25) is 10.3 Å². The smallest absolute Gasteiger partial charge is 0.224 e. The van der Waals surface area contributed by atoms with E-state index in [-0.39, 0.29) is 5.28 Å². The molecule has 0 atom stereocenters. The van der Waals surface area contributed by atoms with Crippen molar-refractivity contribution >= 4 is 45.6 Å². The first-order valence-corrected chi connectivity index (χ1v) is 6.28. The van der Waals surface area contributed by atoms with Gasteiger partial charge in [0.2, 0.25) is 5.28 Å². The van der Waals surface area contributed by atoms with Crippen LogP contribution in [0.25, 0.3) is 10.9 Å². The molecule has 0 spiro atoms. The van der Waals surface area contributed by atoms with Crippen molar-refractivity contribution in [2.45, 2.75) is 0 Å². The van der Waals surface area contributed by atoms with Gasteiger partial charge in [0.25, 0.3) is 0 Å². The molecular formula is C13H8Cl2N4. The Balaban J connectivity index is 1.98. The number of hydrogen-bond acceptors (Lipinski definition) is 4. The first-order chi connectivity index (χ1) is 9.22. The molecule has 3 rings (SSSR count). The van der Waals surface area contributed by atoms with Gasteiger partial charge in [-0.1, -0.05) is 29.8 Å². The molecule has 1 aromatic carbocycles. The van der Waals surface area contributed by atoms with E-state index in [0.717, 1.165) is 16.6 Å². The lowest BCUT2D eigenvalue weighted by Crippen LogP contribution is -1.96. The fourth-order valence-electron chi connectivity index (χ4n) is 1.71. The molecule has 4 nitrogen and oxygen atoms in total. The molecule has 0 saturated heterocycles. The van der Waals surface area contributed by atoms with Gasteiger partial charge in [-0.3, -0.25) is 4.98 Å². The number of para-hydroxylation sites is 1. The molecule has 19 heavy (non-hydrogen) atoms. The third-order valence-corrected chi connectivity index (χ3v) is 3.03.